The molecule has 0 saturated heterocycles. The molecule has 1 aromatic rings. The summed E-state index contributed by atoms with van der Waals surface area (Å²) in [5.74, 6) is 1.51. The fraction of sp³-hybridized carbons (Fsp3) is 0.727. The van der Waals surface area contributed by atoms with E-state index in [1.54, 1.807) is 0 Å². The third-order valence-electron chi connectivity index (χ3n) is 3.54. The highest BCUT2D eigenvalue weighted by Crippen LogP contribution is 2.37. The van der Waals surface area contributed by atoms with Crippen molar-refractivity contribution in [3.05, 3.63) is 11.6 Å². The minimum atomic E-state index is -0.148. The van der Waals surface area contributed by atoms with Crippen molar-refractivity contribution in [1.82, 2.24) is 20.5 Å². The Labute approximate surface area is 94.0 Å². The maximum absolute atomic E-state index is 11.9. The molecule has 16 heavy (non-hydrogen) atoms. The largest absolute Gasteiger partial charge is 0.344 e. The summed E-state index contributed by atoms with van der Waals surface area (Å²) < 4.78 is 0. The van der Waals surface area contributed by atoms with Gasteiger partial charge in [-0.05, 0) is 39.0 Å². The number of nitrogens with one attached hydrogen (secondary N) is 2. The molecule has 2 fully saturated rings. The van der Waals surface area contributed by atoms with Crippen molar-refractivity contribution in [3.63, 3.8) is 0 Å². The van der Waals surface area contributed by atoms with Gasteiger partial charge in [-0.15, -0.1) is 5.10 Å². The van der Waals surface area contributed by atoms with Crippen molar-refractivity contribution in [2.75, 3.05) is 0 Å². The molecule has 1 aromatic heterocycles. The Hall–Kier alpha value is -1.39. The average Bonchev–Trinajstić information content (AvgIpc) is 2.94. The SMILES string of the molecule is CC1(NC(=O)c2n[nH]c(C3CC3)n2)CCC1. The van der Waals surface area contributed by atoms with E-state index in [0.717, 1.165) is 31.5 Å². The Kier molecular flexibility index (Phi) is 2.02. The van der Waals surface area contributed by atoms with Crippen LogP contribution in [0.5, 0.6) is 0 Å². The molecule has 1 amide bonds. The zero-order valence-corrected chi connectivity index (χ0v) is 9.42. The van der Waals surface area contributed by atoms with Gasteiger partial charge >= 0.3 is 0 Å². The minimum Gasteiger partial charge on any atom is -0.344 e. The normalized spacial score (nSPS) is 22.6. The van der Waals surface area contributed by atoms with Crippen LogP contribution < -0.4 is 5.32 Å². The molecule has 5 heteroatoms. The van der Waals surface area contributed by atoms with E-state index in [0.29, 0.717) is 5.92 Å². The van der Waals surface area contributed by atoms with Gasteiger partial charge in [-0.1, -0.05) is 0 Å². The number of nitrogens with zero attached hydrogens (tertiary/aromatic N) is 2. The Balaban J connectivity index is 1.68. The summed E-state index contributed by atoms with van der Waals surface area (Å²) in [5.41, 5.74) is -0.0303. The summed E-state index contributed by atoms with van der Waals surface area (Å²) in [4.78, 5) is 16.1. The lowest BCUT2D eigenvalue weighted by atomic mass is 9.78. The number of rotatable bonds is 3. The molecule has 0 spiro atoms. The summed E-state index contributed by atoms with van der Waals surface area (Å²) in [5, 5.41) is 9.82. The molecule has 2 aliphatic carbocycles. The van der Waals surface area contributed by atoms with E-state index in [-0.39, 0.29) is 17.3 Å². The lowest BCUT2D eigenvalue weighted by molar-refractivity contribution is 0.0840. The summed E-state index contributed by atoms with van der Waals surface area (Å²) in [6, 6.07) is 0. The number of amides is 1. The summed E-state index contributed by atoms with van der Waals surface area (Å²) in [7, 11) is 0. The Morgan fingerprint density at radius 3 is 2.81 bits per heavy atom. The molecule has 5 nitrogen and oxygen atoms in total. The van der Waals surface area contributed by atoms with E-state index in [4.69, 9.17) is 0 Å². The second-order valence-corrected chi connectivity index (χ2v) is 5.19. The standard InChI is InChI=1S/C11H16N4O/c1-11(5-2-6-11)13-10(16)9-12-8(14-15-9)7-3-4-7/h7H,2-6H2,1H3,(H,13,16)(H,12,14,15). The van der Waals surface area contributed by atoms with Crippen LogP contribution in [0.2, 0.25) is 0 Å². The molecule has 0 radical (unpaired) electrons. The van der Waals surface area contributed by atoms with Crippen LogP contribution in [0.1, 0.15) is 61.4 Å². The topological polar surface area (TPSA) is 70.7 Å². The quantitative estimate of drug-likeness (QED) is 0.807. The Morgan fingerprint density at radius 2 is 2.25 bits per heavy atom. The van der Waals surface area contributed by atoms with Gasteiger partial charge in [0, 0.05) is 11.5 Å². The van der Waals surface area contributed by atoms with Gasteiger partial charge in [0.25, 0.3) is 5.91 Å². The van der Waals surface area contributed by atoms with Crippen molar-refractivity contribution in [1.29, 1.82) is 0 Å². The first-order chi connectivity index (χ1) is 7.66. The molecule has 0 bridgehead atoms. The third-order valence-corrected chi connectivity index (χ3v) is 3.54. The van der Waals surface area contributed by atoms with Crippen LogP contribution in [0.3, 0.4) is 0 Å². The Morgan fingerprint density at radius 1 is 1.50 bits per heavy atom. The van der Waals surface area contributed by atoms with E-state index < -0.39 is 0 Å². The molecule has 0 aromatic carbocycles. The highest BCUT2D eigenvalue weighted by molar-refractivity contribution is 5.90. The van der Waals surface area contributed by atoms with E-state index in [9.17, 15) is 4.79 Å². The van der Waals surface area contributed by atoms with Crippen LogP contribution in [-0.4, -0.2) is 26.6 Å². The van der Waals surface area contributed by atoms with E-state index in [2.05, 4.69) is 27.4 Å². The highest BCUT2D eigenvalue weighted by atomic mass is 16.2. The van der Waals surface area contributed by atoms with Gasteiger partial charge in [-0.2, -0.15) is 0 Å². The number of carbonyl (C=O) groups is 1. The average molecular weight is 220 g/mol. The summed E-state index contributed by atoms with van der Waals surface area (Å²) in [6.45, 7) is 2.07. The van der Waals surface area contributed by atoms with Gasteiger partial charge < -0.3 is 5.32 Å². The number of H-pyrrole nitrogens is 1. The molecule has 0 aliphatic heterocycles. The van der Waals surface area contributed by atoms with Crippen LogP contribution in [0.25, 0.3) is 0 Å². The molecule has 86 valence electrons. The smallest absolute Gasteiger partial charge is 0.291 e. The van der Waals surface area contributed by atoms with Crippen molar-refractivity contribution >= 4 is 5.91 Å². The number of aromatic amines is 1. The van der Waals surface area contributed by atoms with Gasteiger partial charge in [-0.25, -0.2) is 4.98 Å². The first kappa shape index (κ1) is 9.81. The minimum absolute atomic E-state index is 0.0303. The Bertz CT molecular complexity index is 417. The first-order valence-electron chi connectivity index (χ1n) is 5.91. The predicted molar refractivity (Wildman–Crippen MR) is 58.1 cm³/mol. The van der Waals surface area contributed by atoms with Crippen LogP contribution in [0, 0.1) is 0 Å². The van der Waals surface area contributed by atoms with Crippen molar-refractivity contribution < 1.29 is 4.79 Å². The molecule has 2 saturated carbocycles. The third kappa shape index (κ3) is 1.70. The van der Waals surface area contributed by atoms with E-state index in [1.165, 1.54) is 6.42 Å². The fourth-order valence-corrected chi connectivity index (χ4v) is 2.08. The van der Waals surface area contributed by atoms with Crippen molar-refractivity contribution in [3.8, 4) is 0 Å². The van der Waals surface area contributed by atoms with Gasteiger partial charge in [0.2, 0.25) is 5.82 Å². The van der Waals surface area contributed by atoms with Crippen molar-refractivity contribution in [2.24, 2.45) is 0 Å². The zero-order chi connectivity index (χ0) is 11.2. The molecule has 0 atom stereocenters. The molecule has 3 rings (SSSR count). The fourth-order valence-electron chi connectivity index (χ4n) is 2.08. The maximum atomic E-state index is 11.9. The number of hydrogen-bond acceptors (Lipinski definition) is 3. The molecule has 2 N–H and O–H groups in total. The molecule has 0 unspecified atom stereocenters. The van der Waals surface area contributed by atoms with Crippen LogP contribution in [0.15, 0.2) is 0 Å². The second kappa shape index (κ2) is 3.30. The number of hydrogen-bond donors (Lipinski definition) is 2. The van der Waals surface area contributed by atoms with Gasteiger partial charge in [0.15, 0.2) is 0 Å². The molecular weight excluding hydrogens is 204 g/mol. The number of aromatic nitrogens is 3. The summed E-state index contributed by atoms with van der Waals surface area (Å²) >= 11 is 0. The lowest BCUT2D eigenvalue weighted by Crippen LogP contribution is -2.51. The van der Waals surface area contributed by atoms with Gasteiger partial charge in [-0.3, -0.25) is 9.89 Å². The van der Waals surface area contributed by atoms with Crippen LogP contribution in [-0.2, 0) is 0 Å². The summed E-state index contributed by atoms with van der Waals surface area (Å²) in [6.07, 6.45) is 5.62. The highest BCUT2D eigenvalue weighted by Gasteiger charge is 2.35. The van der Waals surface area contributed by atoms with Crippen LogP contribution in [0.4, 0.5) is 0 Å². The monoisotopic (exact) mass is 220 g/mol. The van der Waals surface area contributed by atoms with Gasteiger partial charge in [0.05, 0.1) is 0 Å². The second-order valence-electron chi connectivity index (χ2n) is 5.19. The van der Waals surface area contributed by atoms with Crippen molar-refractivity contribution in [2.45, 2.75) is 50.5 Å². The zero-order valence-electron chi connectivity index (χ0n) is 9.42. The van der Waals surface area contributed by atoms with Gasteiger partial charge in [0.1, 0.15) is 5.82 Å². The van der Waals surface area contributed by atoms with E-state index in [1.807, 2.05) is 0 Å². The first-order valence-corrected chi connectivity index (χ1v) is 5.91. The van der Waals surface area contributed by atoms with Crippen LogP contribution >= 0.6 is 0 Å². The molecule has 2 aliphatic rings. The molecule has 1 heterocycles. The predicted octanol–water partition coefficient (Wildman–Crippen LogP) is 1.35. The molecular formula is C11H16N4O. The lowest BCUT2D eigenvalue weighted by Gasteiger charge is -2.38. The number of carbonyl (C=O) groups excluding carboxylic acids is 1. The van der Waals surface area contributed by atoms with E-state index >= 15 is 0 Å². The maximum Gasteiger partial charge on any atom is 0.291 e.